The van der Waals surface area contributed by atoms with Crippen molar-refractivity contribution in [1.29, 1.82) is 0 Å². The largest absolute Gasteiger partial charge is 0.250 e. The first kappa shape index (κ1) is 9.46. The Morgan fingerprint density at radius 3 is 2.43 bits per heavy atom. The van der Waals surface area contributed by atoms with Crippen molar-refractivity contribution in [3.8, 4) is 0 Å². The molecule has 74 valence electrons. The van der Waals surface area contributed by atoms with Gasteiger partial charge in [-0.2, -0.15) is 5.10 Å². The fourth-order valence-corrected chi connectivity index (χ4v) is 1.94. The molecule has 0 amide bonds. The molecule has 0 aliphatic rings. The Morgan fingerprint density at radius 1 is 1.14 bits per heavy atom. The number of nitrogens with zero attached hydrogens (tertiary/aromatic N) is 3. The van der Waals surface area contributed by atoms with Crippen molar-refractivity contribution in [1.82, 2.24) is 14.8 Å². The fraction of sp³-hybridized carbons (Fsp3) is 0.400. The molecule has 3 nitrogen and oxygen atoms in total. The van der Waals surface area contributed by atoms with E-state index in [1.54, 1.807) is 4.68 Å². The van der Waals surface area contributed by atoms with Crippen LogP contribution in [0, 0.1) is 20.8 Å². The van der Waals surface area contributed by atoms with Crippen LogP contribution in [0.4, 0.5) is 0 Å². The number of hydrogen-bond donors (Lipinski definition) is 0. The maximum atomic E-state index is 6.14. The summed E-state index contributed by atoms with van der Waals surface area (Å²) < 4.78 is 1.79. The number of rotatable bonds is 0. The van der Waals surface area contributed by atoms with Crippen molar-refractivity contribution in [2.75, 3.05) is 0 Å². The summed E-state index contributed by atoms with van der Waals surface area (Å²) in [5.74, 6) is 0. The van der Waals surface area contributed by atoms with Crippen molar-refractivity contribution in [3.05, 3.63) is 22.0 Å². The predicted molar refractivity (Wildman–Crippen MR) is 57.7 cm³/mol. The Morgan fingerprint density at radius 2 is 1.79 bits per heavy atom. The number of fused-ring (bicyclic) bond motifs is 1. The monoisotopic (exact) mass is 209 g/mol. The van der Waals surface area contributed by atoms with Crippen LogP contribution in [0.2, 0.25) is 5.02 Å². The fourth-order valence-electron chi connectivity index (χ4n) is 1.80. The lowest BCUT2D eigenvalue weighted by atomic mass is 10.1. The zero-order valence-electron chi connectivity index (χ0n) is 8.72. The van der Waals surface area contributed by atoms with E-state index in [0.717, 1.165) is 33.0 Å². The molecule has 0 aromatic carbocycles. The van der Waals surface area contributed by atoms with E-state index >= 15 is 0 Å². The SMILES string of the molecule is Cc1nc2c(c(C)nn2C)c(C)c1Cl. The summed E-state index contributed by atoms with van der Waals surface area (Å²) in [4.78, 5) is 4.42. The predicted octanol–water partition coefficient (Wildman–Crippen LogP) is 2.55. The lowest BCUT2D eigenvalue weighted by Crippen LogP contribution is -1.95. The molecule has 14 heavy (non-hydrogen) atoms. The summed E-state index contributed by atoms with van der Waals surface area (Å²) in [6, 6.07) is 0. The number of aromatic nitrogens is 3. The summed E-state index contributed by atoms with van der Waals surface area (Å²) in [7, 11) is 1.90. The molecule has 0 N–H and O–H groups in total. The molecular weight excluding hydrogens is 198 g/mol. The van der Waals surface area contributed by atoms with E-state index in [0.29, 0.717) is 0 Å². The number of hydrogen-bond acceptors (Lipinski definition) is 2. The van der Waals surface area contributed by atoms with E-state index in [2.05, 4.69) is 10.1 Å². The summed E-state index contributed by atoms with van der Waals surface area (Å²) in [5.41, 5.74) is 3.82. The minimum atomic E-state index is 0.744. The van der Waals surface area contributed by atoms with E-state index < -0.39 is 0 Å². The molecule has 0 atom stereocenters. The van der Waals surface area contributed by atoms with Gasteiger partial charge in [-0.05, 0) is 26.3 Å². The van der Waals surface area contributed by atoms with Gasteiger partial charge in [-0.25, -0.2) is 4.98 Å². The van der Waals surface area contributed by atoms with Crippen molar-refractivity contribution < 1.29 is 0 Å². The molecule has 0 aliphatic heterocycles. The van der Waals surface area contributed by atoms with Crippen LogP contribution in [0.1, 0.15) is 17.0 Å². The van der Waals surface area contributed by atoms with Crippen molar-refractivity contribution in [2.24, 2.45) is 7.05 Å². The van der Waals surface area contributed by atoms with Crippen LogP contribution in [-0.2, 0) is 7.05 Å². The maximum Gasteiger partial charge on any atom is 0.158 e. The van der Waals surface area contributed by atoms with Gasteiger partial charge in [0, 0.05) is 12.4 Å². The maximum absolute atomic E-state index is 6.14. The van der Waals surface area contributed by atoms with Gasteiger partial charge in [0.1, 0.15) is 0 Å². The third kappa shape index (κ3) is 1.12. The second-order valence-corrected chi connectivity index (χ2v) is 3.92. The van der Waals surface area contributed by atoms with Crippen LogP contribution >= 0.6 is 11.6 Å². The zero-order chi connectivity index (χ0) is 10.5. The van der Waals surface area contributed by atoms with Gasteiger partial charge in [0.15, 0.2) is 5.65 Å². The van der Waals surface area contributed by atoms with Crippen LogP contribution in [0.15, 0.2) is 0 Å². The second kappa shape index (κ2) is 2.95. The molecule has 0 spiro atoms. The van der Waals surface area contributed by atoms with E-state index in [1.165, 1.54) is 0 Å². The van der Waals surface area contributed by atoms with E-state index in [9.17, 15) is 0 Å². The Kier molecular flexibility index (Phi) is 2.00. The lowest BCUT2D eigenvalue weighted by molar-refractivity contribution is 0.772. The van der Waals surface area contributed by atoms with Gasteiger partial charge in [0.2, 0.25) is 0 Å². The average molecular weight is 210 g/mol. The van der Waals surface area contributed by atoms with E-state index in [1.807, 2.05) is 27.8 Å². The molecule has 2 aromatic rings. The van der Waals surface area contributed by atoms with Gasteiger partial charge in [0.05, 0.1) is 16.4 Å². The molecule has 0 saturated heterocycles. The number of halogens is 1. The van der Waals surface area contributed by atoms with E-state index in [4.69, 9.17) is 11.6 Å². The van der Waals surface area contributed by atoms with Gasteiger partial charge in [0.25, 0.3) is 0 Å². The summed E-state index contributed by atoms with van der Waals surface area (Å²) in [6.45, 7) is 5.90. The molecule has 0 aliphatic carbocycles. The smallest absolute Gasteiger partial charge is 0.158 e. The minimum Gasteiger partial charge on any atom is -0.250 e. The summed E-state index contributed by atoms with van der Waals surface area (Å²) >= 11 is 6.14. The van der Waals surface area contributed by atoms with Crippen LogP contribution in [-0.4, -0.2) is 14.8 Å². The van der Waals surface area contributed by atoms with Crippen molar-refractivity contribution in [3.63, 3.8) is 0 Å². The molecule has 2 heterocycles. The standard InChI is InChI=1S/C10H12ClN3/c1-5-8-6(2)13-14(4)10(8)12-7(3)9(5)11/h1-4H3. The Labute approximate surface area is 87.7 Å². The summed E-state index contributed by atoms with van der Waals surface area (Å²) in [5, 5.41) is 6.15. The first-order valence-electron chi connectivity index (χ1n) is 4.48. The topological polar surface area (TPSA) is 30.7 Å². The van der Waals surface area contributed by atoms with Crippen LogP contribution in [0.3, 0.4) is 0 Å². The molecule has 0 fully saturated rings. The highest BCUT2D eigenvalue weighted by molar-refractivity contribution is 6.32. The molecule has 2 aromatic heterocycles. The van der Waals surface area contributed by atoms with Crippen molar-refractivity contribution >= 4 is 22.6 Å². The second-order valence-electron chi connectivity index (χ2n) is 3.54. The third-order valence-electron chi connectivity index (χ3n) is 2.49. The zero-order valence-corrected chi connectivity index (χ0v) is 9.48. The number of pyridine rings is 1. The Balaban J connectivity index is 3.01. The molecular formula is C10H12ClN3. The summed E-state index contributed by atoms with van der Waals surface area (Å²) in [6.07, 6.45) is 0. The number of aryl methyl sites for hydroxylation is 4. The van der Waals surface area contributed by atoms with E-state index in [-0.39, 0.29) is 0 Å². The van der Waals surface area contributed by atoms with Crippen molar-refractivity contribution in [2.45, 2.75) is 20.8 Å². The molecule has 2 rings (SSSR count). The van der Waals surface area contributed by atoms with Gasteiger partial charge < -0.3 is 0 Å². The highest BCUT2D eigenvalue weighted by Crippen LogP contribution is 2.27. The molecule has 0 unspecified atom stereocenters. The van der Waals surface area contributed by atoms with Gasteiger partial charge >= 0.3 is 0 Å². The molecule has 0 bridgehead atoms. The lowest BCUT2D eigenvalue weighted by Gasteiger charge is -2.03. The van der Waals surface area contributed by atoms with Gasteiger partial charge in [-0.3, -0.25) is 4.68 Å². The first-order valence-corrected chi connectivity index (χ1v) is 4.86. The Bertz CT molecular complexity index is 514. The van der Waals surface area contributed by atoms with Crippen LogP contribution in [0.25, 0.3) is 11.0 Å². The minimum absolute atomic E-state index is 0.744. The molecule has 0 saturated carbocycles. The van der Waals surface area contributed by atoms with Gasteiger partial charge in [-0.15, -0.1) is 0 Å². The third-order valence-corrected chi connectivity index (χ3v) is 3.04. The molecule has 4 heteroatoms. The highest BCUT2D eigenvalue weighted by Gasteiger charge is 2.13. The normalized spacial score (nSPS) is 11.2. The quantitative estimate of drug-likeness (QED) is 0.668. The highest BCUT2D eigenvalue weighted by atomic mass is 35.5. The van der Waals surface area contributed by atoms with Crippen LogP contribution < -0.4 is 0 Å². The molecule has 0 radical (unpaired) electrons. The van der Waals surface area contributed by atoms with Crippen LogP contribution in [0.5, 0.6) is 0 Å². The van der Waals surface area contributed by atoms with Gasteiger partial charge in [-0.1, -0.05) is 11.6 Å². The average Bonchev–Trinajstić information content (AvgIpc) is 2.38. The first-order chi connectivity index (χ1) is 6.52. The Hall–Kier alpha value is -1.09.